The smallest absolute Gasteiger partial charge is 0.286 e. The average Bonchev–Trinajstić information content (AvgIpc) is 3.53. The molecular weight excluding hydrogens is 671 g/mol. The van der Waals surface area contributed by atoms with Gasteiger partial charge in [-0.3, -0.25) is 0 Å². The first-order valence-corrected chi connectivity index (χ1v) is 21.8. The van der Waals surface area contributed by atoms with E-state index in [1.165, 1.54) is 64.2 Å². The van der Waals surface area contributed by atoms with Crippen molar-refractivity contribution in [2.45, 2.75) is 169 Å². The second-order valence-electron chi connectivity index (χ2n) is 19.1. The maximum absolute atomic E-state index is 9.91. The van der Waals surface area contributed by atoms with Crippen molar-refractivity contribution in [3.8, 4) is 6.26 Å². The molecule has 6 heteroatoms. The maximum Gasteiger partial charge on any atom is 0.286 e. The molecule has 0 aromatic heterocycles. The molecule has 1 heterocycles. The van der Waals surface area contributed by atoms with E-state index in [-0.39, 0.29) is 12.2 Å². The molecule has 7 rings (SSSR count). The molecule has 6 nitrogen and oxygen atoms in total. The van der Waals surface area contributed by atoms with Gasteiger partial charge in [-0.05, 0) is 128 Å². The molecule has 14 atom stereocenters. The van der Waals surface area contributed by atoms with E-state index in [0.29, 0.717) is 30.0 Å². The summed E-state index contributed by atoms with van der Waals surface area (Å²) in [5.74, 6) is 5.81. The van der Waals surface area contributed by atoms with Crippen molar-refractivity contribution in [2.75, 3.05) is 0 Å². The van der Waals surface area contributed by atoms with Crippen LogP contribution in [-0.2, 0) is 36.9 Å². The second-order valence-corrected chi connectivity index (χ2v) is 19.1. The van der Waals surface area contributed by atoms with Gasteiger partial charge in [-0.2, -0.15) is 5.26 Å². The molecule has 1 aliphatic heterocycles. The molecule has 296 valence electrons. The minimum absolute atomic E-state index is 0.0644. The predicted octanol–water partition coefficient (Wildman–Crippen LogP) is 11.3. The minimum atomic E-state index is -0.737. The lowest BCUT2D eigenvalue weighted by Gasteiger charge is -2.61. The topological polar surface area (TPSA) is 69.9 Å². The summed E-state index contributed by atoms with van der Waals surface area (Å²) in [7, 11) is 0. The lowest BCUT2D eigenvalue weighted by molar-refractivity contribution is -0.322. The van der Waals surface area contributed by atoms with Gasteiger partial charge in [0, 0.05) is 0 Å². The van der Waals surface area contributed by atoms with E-state index in [9.17, 15) is 5.26 Å². The fourth-order valence-electron chi connectivity index (χ4n) is 12.8. The molecule has 0 N–H and O–H groups in total. The number of benzene rings is 2. The van der Waals surface area contributed by atoms with Gasteiger partial charge in [-0.25, -0.2) is 0 Å². The van der Waals surface area contributed by atoms with Crippen molar-refractivity contribution >= 4 is 0 Å². The lowest BCUT2D eigenvalue weighted by atomic mass is 9.44. The number of nitriles is 1. The third kappa shape index (κ3) is 8.32. The van der Waals surface area contributed by atoms with Gasteiger partial charge in [0.05, 0.1) is 25.4 Å². The molecule has 2 aromatic carbocycles. The first-order valence-electron chi connectivity index (χ1n) is 21.8. The van der Waals surface area contributed by atoms with Gasteiger partial charge in [0.2, 0.25) is 0 Å². The fourth-order valence-corrected chi connectivity index (χ4v) is 12.8. The van der Waals surface area contributed by atoms with Crippen LogP contribution in [0.4, 0.5) is 0 Å². The number of hydrogen-bond donors (Lipinski definition) is 0. The number of nitrogens with zero attached hydrogens (tertiary/aromatic N) is 1. The summed E-state index contributed by atoms with van der Waals surface area (Å²) >= 11 is 0. The maximum atomic E-state index is 9.91. The number of ether oxygens (including phenoxy) is 5. The Bertz CT molecular complexity index is 1510. The molecule has 1 unspecified atom stereocenters. The van der Waals surface area contributed by atoms with Crippen LogP contribution < -0.4 is 0 Å². The van der Waals surface area contributed by atoms with E-state index >= 15 is 0 Å². The normalized spacial score (nSPS) is 39.6. The zero-order valence-electron chi connectivity index (χ0n) is 34.2. The number of hydrogen-bond acceptors (Lipinski definition) is 6. The van der Waals surface area contributed by atoms with E-state index in [1.807, 2.05) is 49.6 Å². The molecular formula is C48H69NO5. The third-order valence-corrected chi connectivity index (χ3v) is 15.6. The molecule has 4 aliphatic carbocycles. The van der Waals surface area contributed by atoms with Crippen LogP contribution in [0.15, 0.2) is 60.7 Å². The Morgan fingerprint density at radius 3 is 2.07 bits per heavy atom. The quantitative estimate of drug-likeness (QED) is 0.142. The standard InChI is InChI=1S/C48H69NO5/c1-32(2)14-13-15-33(3)40-22-23-41-39-21-20-37-28-38(24-26-47(37,5)42(39)25-27-48(40,41)6)54-46-45(52-31-49)44(51-30-36-18-11-8-12-19-36)43(34(4)53-46)50-29-35-16-9-7-10-17-35/h7-12,16-19,32-34,37-46H,13-15,20-30H2,1-6H3/t33-,34+,37?,38+,39+,40-,41+,42+,43+,44-,45-,46-,47+,48-/m1/s1. The van der Waals surface area contributed by atoms with Crippen LogP contribution in [0, 0.1) is 63.8 Å². The van der Waals surface area contributed by atoms with Gasteiger partial charge < -0.3 is 23.7 Å². The van der Waals surface area contributed by atoms with Gasteiger partial charge in [0.15, 0.2) is 12.4 Å². The molecule has 0 spiro atoms. The van der Waals surface area contributed by atoms with Crippen molar-refractivity contribution in [1.29, 1.82) is 5.26 Å². The van der Waals surface area contributed by atoms with Crippen LogP contribution in [0.1, 0.15) is 130 Å². The fraction of sp³-hybridized carbons (Fsp3) is 0.729. The van der Waals surface area contributed by atoms with E-state index in [2.05, 4.69) is 58.9 Å². The predicted molar refractivity (Wildman–Crippen MR) is 213 cm³/mol. The van der Waals surface area contributed by atoms with Gasteiger partial charge >= 0.3 is 0 Å². The summed E-state index contributed by atoms with van der Waals surface area (Å²) in [5.41, 5.74) is 3.02. The lowest BCUT2D eigenvalue weighted by Crippen LogP contribution is -2.60. The Morgan fingerprint density at radius 2 is 1.41 bits per heavy atom. The van der Waals surface area contributed by atoms with Crippen LogP contribution in [0.2, 0.25) is 0 Å². The second kappa shape index (κ2) is 17.4. The zero-order chi connectivity index (χ0) is 37.9. The highest BCUT2D eigenvalue weighted by Gasteiger charge is 2.61. The van der Waals surface area contributed by atoms with E-state index in [0.717, 1.165) is 59.5 Å². The van der Waals surface area contributed by atoms with Gasteiger partial charge in [-0.1, -0.05) is 115 Å². The highest BCUT2D eigenvalue weighted by atomic mass is 16.7. The van der Waals surface area contributed by atoms with E-state index < -0.39 is 24.6 Å². The molecule has 54 heavy (non-hydrogen) atoms. The largest absolute Gasteiger partial charge is 0.416 e. The molecule has 0 amide bonds. The van der Waals surface area contributed by atoms with Gasteiger partial charge in [0.1, 0.15) is 12.2 Å². The highest BCUT2D eigenvalue weighted by Crippen LogP contribution is 2.68. The number of rotatable bonds is 14. The Kier molecular flexibility index (Phi) is 12.8. The van der Waals surface area contributed by atoms with Crippen molar-refractivity contribution in [3.05, 3.63) is 71.8 Å². The molecule has 0 bridgehead atoms. The molecule has 0 radical (unpaired) electrons. The number of fused-ring (bicyclic) bond motifs is 5. The molecule has 4 saturated carbocycles. The summed E-state index contributed by atoms with van der Waals surface area (Å²) in [6.07, 6.45) is 15.1. The van der Waals surface area contributed by atoms with Crippen LogP contribution in [-0.4, -0.2) is 36.8 Å². The van der Waals surface area contributed by atoms with Gasteiger partial charge in [0.25, 0.3) is 6.26 Å². The summed E-state index contributed by atoms with van der Waals surface area (Å²) in [6.45, 7) is 15.5. The van der Waals surface area contributed by atoms with Crippen LogP contribution in [0.5, 0.6) is 0 Å². The Hall–Kier alpha value is -2.43. The van der Waals surface area contributed by atoms with Crippen molar-refractivity contribution < 1.29 is 23.7 Å². The first kappa shape index (κ1) is 39.8. The van der Waals surface area contributed by atoms with Crippen molar-refractivity contribution in [2.24, 2.45) is 52.3 Å². The zero-order valence-corrected chi connectivity index (χ0v) is 34.2. The third-order valence-electron chi connectivity index (χ3n) is 15.6. The minimum Gasteiger partial charge on any atom is -0.416 e. The monoisotopic (exact) mass is 740 g/mol. The average molecular weight is 740 g/mol. The summed E-state index contributed by atoms with van der Waals surface area (Å²) in [5, 5.41) is 9.91. The van der Waals surface area contributed by atoms with E-state index in [4.69, 9.17) is 23.7 Å². The summed E-state index contributed by atoms with van der Waals surface area (Å²) in [4.78, 5) is 0. The Labute approximate surface area is 327 Å². The Balaban J connectivity index is 1.01. The highest BCUT2D eigenvalue weighted by molar-refractivity contribution is 5.15. The van der Waals surface area contributed by atoms with Crippen LogP contribution in [0.25, 0.3) is 0 Å². The van der Waals surface area contributed by atoms with Crippen LogP contribution in [0.3, 0.4) is 0 Å². The van der Waals surface area contributed by atoms with Crippen molar-refractivity contribution in [3.63, 3.8) is 0 Å². The summed E-state index contributed by atoms with van der Waals surface area (Å²) < 4.78 is 32.5. The van der Waals surface area contributed by atoms with Gasteiger partial charge in [-0.15, -0.1) is 0 Å². The van der Waals surface area contributed by atoms with Crippen LogP contribution >= 0.6 is 0 Å². The molecule has 5 aliphatic rings. The van der Waals surface area contributed by atoms with Crippen molar-refractivity contribution in [1.82, 2.24) is 0 Å². The Morgan fingerprint density at radius 1 is 0.759 bits per heavy atom. The SMILES string of the molecule is CC(C)CCC[C@@H](C)[C@H]1CC[C@H]2[C@@H]3CCC4C[C@@H](O[C@H]5O[C@@H](C)[C@H](OCc6ccccc6)[C@@H](OCc6ccccc6)[C@H]5OC#N)CC[C@]4(C)[C@H]3CC[C@]12C. The molecule has 1 saturated heterocycles. The summed E-state index contributed by atoms with van der Waals surface area (Å²) in [6, 6.07) is 20.3. The first-order chi connectivity index (χ1) is 26.1. The van der Waals surface area contributed by atoms with E-state index in [1.54, 1.807) is 0 Å². The molecule has 2 aromatic rings. The molecule has 5 fully saturated rings.